The highest BCUT2D eigenvalue weighted by Crippen LogP contribution is 2.33. The molecular weight excluding hydrogens is 282 g/mol. The summed E-state index contributed by atoms with van der Waals surface area (Å²) in [5, 5.41) is 10.9. The Morgan fingerprint density at radius 2 is 1.86 bits per heavy atom. The third kappa shape index (κ3) is 2.76. The van der Waals surface area contributed by atoms with Crippen molar-refractivity contribution in [2.24, 2.45) is 0 Å². The van der Waals surface area contributed by atoms with Crippen molar-refractivity contribution >= 4 is 35.2 Å². The van der Waals surface area contributed by atoms with Gasteiger partial charge in [0.1, 0.15) is 0 Å². The summed E-state index contributed by atoms with van der Waals surface area (Å²) < 4.78 is 0. The van der Waals surface area contributed by atoms with Gasteiger partial charge in [-0.25, -0.2) is 0 Å². The van der Waals surface area contributed by atoms with Crippen LogP contribution in [-0.2, 0) is 0 Å². The molecule has 0 aromatic heterocycles. The van der Waals surface area contributed by atoms with Crippen LogP contribution in [0.25, 0.3) is 17.7 Å². The zero-order valence-corrected chi connectivity index (χ0v) is 12.3. The van der Waals surface area contributed by atoms with Gasteiger partial charge in [-0.05, 0) is 52.8 Å². The standard InChI is InChI=1S/C17H13NO2S/c1-21-16-8-2-12(3-9-16)10-14-5-4-13-6-7-15(18(19)20)11-17(13)14/h2-11H,1H3/b14-10-. The monoisotopic (exact) mass is 295 g/mol. The lowest BCUT2D eigenvalue weighted by Gasteiger charge is -2.03. The third-order valence-corrected chi connectivity index (χ3v) is 4.18. The number of thioether (sulfide) groups is 1. The molecule has 0 atom stereocenters. The summed E-state index contributed by atoms with van der Waals surface area (Å²) in [6.45, 7) is 0. The van der Waals surface area contributed by atoms with Gasteiger partial charge in [0, 0.05) is 17.0 Å². The summed E-state index contributed by atoms with van der Waals surface area (Å²) in [5.74, 6) is 0. The lowest BCUT2D eigenvalue weighted by atomic mass is 10.0. The van der Waals surface area contributed by atoms with Crippen LogP contribution >= 0.6 is 11.8 Å². The van der Waals surface area contributed by atoms with Crippen molar-refractivity contribution in [3.8, 4) is 0 Å². The summed E-state index contributed by atoms with van der Waals surface area (Å²) in [4.78, 5) is 11.8. The van der Waals surface area contributed by atoms with Crippen molar-refractivity contribution in [1.29, 1.82) is 0 Å². The quantitative estimate of drug-likeness (QED) is 0.460. The van der Waals surface area contributed by atoms with Crippen LogP contribution in [0.4, 0.5) is 5.69 Å². The van der Waals surface area contributed by atoms with Gasteiger partial charge in [-0.15, -0.1) is 11.8 Å². The van der Waals surface area contributed by atoms with E-state index in [0.717, 1.165) is 22.3 Å². The van der Waals surface area contributed by atoms with Gasteiger partial charge < -0.3 is 0 Å². The smallest absolute Gasteiger partial charge is 0.258 e. The Morgan fingerprint density at radius 3 is 2.52 bits per heavy atom. The number of nitrogens with zero attached hydrogens (tertiary/aromatic N) is 1. The van der Waals surface area contributed by atoms with Crippen LogP contribution in [0.5, 0.6) is 0 Å². The second kappa shape index (κ2) is 5.58. The molecule has 2 aromatic carbocycles. The van der Waals surface area contributed by atoms with Crippen molar-refractivity contribution in [2.75, 3.05) is 6.26 Å². The molecular formula is C17H13NO2S. The van der Waals surface area contributed by atoms with Gasteiger partial charge in [0.05, 0.1) is 4.92 Å². The van der Waals surface area contributed by atoms with Crippen molar-refractivity contribution in [3.05, 3.63) is 75.3 Å². The first-order valence-corrected chi connectivity index (χ1v) is 7.72. The lowest BCUT2D eigenvalue weighted by molar-refractivity contribution is -0.384. The minimum Gasteiger partial charge on any atom is -0.258 e. The SMILES string of the molecule is CSc1ccc(/C=C2/C=Cc3ccc([N+](=O)[O-])cc32)cc1. The first-order chi connectivity index (χ1) is 10.2. The summed E-state index contributed by atoms with van der Waals surface area (Å²) in [6, 6.07) is 13.2. The van der Waals surface area contributed by atoms with Crippen LogP contribution < -0.4 is 0 Å². The Bertz CT molecular complexity index is 761. The number of fused-ring (bicyclic) bond motifs is 1. The number of rotatable bonds is 3. The third-order valence-electron chi connectivity index (χ3n) is 3.44. The minimum atomic E-state index is -0.358. The van der Waals surface area contributed by atoms with Gasteiger partial charge in [-0.2, -0.15) is 0 Å². The van der Waals surface area contributed by atoms with Crippen molar-refractivity contribution in [1.82, 2.24) is 0 Å². The molecule has 0 heterocycles. The second-order valence-electron chi connectivity index (χ2n) is 4.73. The van der Waals surface area contributed by atoms with Gasteiger partial charge in [0.15, 0.2) is 0 Å². The number of hydrogen-bond acceptors (Lipinski definition) is 3. The van der Waals surface area contributed by atoms with E-state index in [1.807, 2.05) is 18.4 Å². The summed E-state index contributed by atoms with van der Waals surface area (Å²) in [5.41, 5.74) is 4.16. The molecule has 0 spiro atoms. The zero-order valence-electron chi connectivity index (χ0n) is 11.4. The molecule has 0 radical (unpaired) electrons. The Hall–Kier alpha value is -2.33. The fraction of sp³-hybridized carbons (Fsp3) is 0.0588. The topological polar surface area (TPSA) is 43.1 Å². The van der Waals surface area contributed by atoms with Crippen LogP contribution in [0.2, 0.25) is 0 Å². The van der Waals surface area contributed by atoms with Crippen LogP contribution in [-0.4, -0.2) is 11.2 Å². The van der Waals surface area contributed by atoms with E-state index >= 15 is 0 Å². The van der Waals surface area contributed by atoms with Crippen LogP contribution in [0.1, 0.15) is 16.7 Å². The number of nitro groups is 1. The molecule has 0 bridgehead atoms. The average Bonchev–Trinajstić information content (AvgIpc) is 2.90. The predicted molar refractivity (Wildman–Crippen MR) is 88.2 cm³/mol. The van der Waals surface area contributed by atoms with Gasteiger partial charge in [-0.1, -0.05) is 24.3 Å². The highest BCUT2D eigenvalue weighted by Gasteiger charge is 2.15. The molecule has 1 aliphatic rings. The van der Waals surface area contributed by atoms with E-state index in [-0.39, 0.29) is 10.6 Å². The van der Waals surface area contributed by atoms with Gasteiger partial charge in [0.2, 0.25) is 0 Å². The zero-order chi connectivity index (χ0) is 14.8. The summed E-state index contributed by atoms with van der Waals surface area (Å²) in [7, 11) is 0. The lowest BCUT2D eigenvalue weighted by Crippen LogP contribution is -1.90. The second-order valence-corrected chi connectivity index (χ2v) is 5.61. The van der Waals surface area contributed by atoms with Crippen LogP contribution in [0.3, 0.4) is 0 Å². The predicted octanol–water partition coefficient (Wildman–Crippen LogP) is 4.88. The maximum atomic E-state index is 10.9. The van der Waals surface area contributed by atoms with E-state index in [9.17, 15) is 10.1 Å². The molecule has 2 aromatic rings. The number of hydrogen-bond donors (Lipinski definition) is 0. The minimum absolute atomic E-state index is 0.126. The largest absolute Gasteiger partial charge is 0.270 e. The number of benzene rings is 2. The normalized spacial score (nSPS) is 14.4. The molecule has 0 aliphatic heterocycles. The highest BCUT2D eigenvalue weighted by atomic mass is 32.2. The molecule has 4 heteroatoms. The van der Waals surface area contributed by atoms with Crippen LogP contribution in [0.15, 0.2) is 53.4 Å². The van der Waals surface area contributed by atoms with Crippen molar-refractivity contribution < 1.29 is 4.92 Å². The Labute approximate surface area is 127 Å². The molecule has 0 fully saturated rings. The first kappa shape index (κ1) is 13.6. The molecule has 1 aliphatic carbocycles. The van der Waals surface area contributed by atoms with E-state index in [2.05, 4.69) is 30.3 Å². The first-order valence-electron chi connectivity index (χ1n) is 6.50. The number of nitro benzene ring substituents is 1. The Kier molecular flexibility index (Phi) is 3.62. The molecule has 0 saturated heterocycles. The molecule has 0 amide bonds. The molecule has 21 heavy (non-hydrogen) atoms. The maximum absolute atomic E-state index is 10.9. The molecule has 0 N–H and O–H groups in total. The molecule has 3 nitrogen and oxygen atoms in total. The van der Waals surface area contributed by atoms with Crippen molar-refractivity contribution in [2.45, 2.75) is 4.90 Å². The van der Waals surface area contributed by atoms with Gasteiger partial charge in [0.25, 0.3) is 5.69 Å². The maximum Gasteiger partial charge on any atom is 0.270 e. The molecule has 0 unspecified atom stereocenters. The van der Waals surface area contributed by atoms with E-state index in [1.165, 1.54) is 4.90 Å². The average molecular weight is 295 g/mol. The van der Waals surface area contributed by atoms with E-state index in [4.69, 9.17) is 0 Å². The van der Waals surface area contributed by atoms with Crippen LogP contribution in [0, 0.1) is 10.1 Å². The van der Waals surface area contributed by atoms with E-state index < -0.39 is 0 Å². The van der Waals surface area contributed by atoms with E-state index in [0.29, 0.717) is 0 Å². The fourth-order valence-electron chi connectivity index (χ4n) is 2.33. The Morgan fingerprint density at radius 1 is 1.10 bits per heavy atom. The fourth-order valence-corrected chi connectivity index (χ4v) is 2.74. The number of non-ortho nitro benzene ring substituents is 1. The van der Waals surface area contributed by atoms with Gasteiger partial charge in [-0.3, -0.25) is 10.1 Å². The molecule has 0 saturated carbocycles. The molecule has 3 rings (SSSR count). The summed E-state index contributed by atoms with van der Waals surface area (Å²) in [6.07, 6.45) is 8.08. The van der Waals surface area contributed by atoms with Crippen molar-refractivity contribution in [3.63, 3.8) is 0 Å². The Balaban J connectivity index is 1.98. The number of allylic oxidation sites excluding steroid dienone is 2. The van der Waals surface area contributed by atoms with E-state index in [1.54, 1.807) is 30.0 Å². The van der Waals surface area contributed by atoms with Gasteiger partial charge >= 0.3 is 0 Å². The highest BCUT2D eigenvalue weighted by molar-refractivity contribution is 7.98. The molecule has 104 valence electrons. The summed E-state index contributed by atoms with van der Waals surface area (Å²) >= 11 is 1.70.